The van der Waals surface area contributed by atoms with Gasteiger partial charge in [0.2, 0.25) is 0 Å². The summed E-state index contributed by atoms with van der Waals surface area (Å²) in [6.45, 7) is 8.40. The largest absolute Gasteiger partial charge is 0.456 e. The summed E-state index contributed by atoms with van der Waals surface area (Å²) in [7, 11) is 0. The van der Waals surface area contributed by atoms with Gasteiger partial charge in [0.05, 0.1) is 5.56 Å². The van der Waals surface area contributed by atoms with Crippen LogP contribution in [-0.4, -0.2) is 0 Å². The molecule has 0 saturated heterocycles. The lowest BCUT2D eigenvalue weighted by Gasteiger charge is -2.14. The van der Waals surface area contributed by atoms with Crippen LogP contribution in [0.1, 0.15) is 42.0 Å². The van der Waals surface area contributed by atoms with Gasteiger partial charge in [-0.3, -0.25) is 0 Å². The minimum absolute atomic E-state index is 0.497. The molecule has 0 N–H and O–H groups in total. The topological polar surface area (TPSA) is 33.0 Å². The number of hydrogen-bond donors (Lipinski definition) is 0. The van der Waals surface area contributed by atoms with E-state index in [1.165, 1.54) is 11.1 Å². The third-order valence-electron chi connectivity index (χ3n) is 3.42. The predicted molar refractivity (Wildman–Crippen MR) is 81.2 cm³/mol. The van der Waals surface area contributed by atoms with E-state index in [9.17, 15) is 0 Å². The molecule has 2 rings (SSSR count). The van der Waals surface area contributed by atoms with Gasteiger partial charge < -0.3 is 4.74 Å². The van der Waals surface area contributed by atoms with Crippen LogP contribution < -0.4 is 4.74 Å². The molecule has 0 radical (unpaired) electrons. The maximum Gasteiger partial charge on any atom is 0.148 e. The summed E-state index contributed by atoms with van der Waals surface area (Å²) in [6, 6.07) is 13.9. The van der Waals surface area contributed by atoms with Gasteiger partial charge >= 0.3 is 0 Å². The second-order valence-corrected chi connectivity index (χ2v) is 5.34. The summed E-state index contributed by atoms with van der Waals surface area (Å²) < 4.78 is 5.92. The molecule has 0 atom stereocenters. The van der Waals surface area contributed by atoms with E-state index in [4.69, 9.17) is 10.00 Å². The number of para-hydroxylation sites is 1. The number of benzene rings is 2. The highest BCUT2D eigenvalue weighted by molar-refractivity contribution is 5.50. The molecule has 0 aromatic heterocycles. The van der Waals surface area contributed by atoms with Crippen molar-refractivity contribution in [1.29, 1.82) is 5.26 Å². The number of nitriles is 1. The summed E-state index contributed by atoms with van der Waals surface area (Å²) in [5.74, 6) is 1.92. The van der Waals surface area contributed by atoms with Crippen molar-refractivity contribution < 1.29 is 4.74 Å². The predicted octanol–water partition coefficient (Wildman–Crippen LogP) is 5.09. The first-order chi connectivity index (χ1) is 9.52. The fraction of sp³-hybridized carbons (Fsp3) is 0.278. The van der Waals surface area contributed by atoms with Gasteiger partial charge in [0, 0.05) is 0 Å². The zero-order chi connectivity index (χ0) is 14.7. The zero-order valence-electron chi connectivity index (χ0n) is 12.4. The Morgan fingerprint density at radius 1 is 1.05 bits per heavy atom. The standard InChI is InChI=1S/C18H19NO/c1-12(2)17-9-8-16(10-14(17)4)20-18-13(3)6-5-7-15(18)11-19/h5-10,12H,1-4H3. The van der Waals surface area contributed by atoms with E-state index in [1.807, 2.05) is 31.2 Å². The zero-order valence-corrected chi connectivity index (χ0v) is 12.4. The molecule has 0 aliphatic heterocycles. The lowest BCUT2D eigenvalue weighted by molar-refractivity contribution is 0.476. The maximum atomic E-state index is 9.16. The Morgan fingerprint density at radius 2 is 1.80 bits per heavy atom. The summed E-state index contributed by atoms with van der Waals surface area (Å²) in [6.07, 6.45) is 0. The third kappa shape index (κ3) is 2.83. The first-order valence-electron chi connectivity index (χ1n) is 6.81. The van der Waals surface area contributed by atoms with Crippen LogP contribution in [0.15, 0.2) is 36.4 Å². The number of aryl methyl sites for hydroxylation is 2. The number of hydrogen-bond acceptors (Lipinski definition) is 2. The van der Waals surface area contributed by atoms with Gasteiger partial charge in [0.1, 0.15) is 17.6 Å². The highest BCUT2D eigenvalue weighted by Crippen LogP contribution is 2.31. The molecule has 2 nitrogen and oxygen atoms in total. The van der Waals surface area contributed by atoms with Crippen molar-refractivity contribution in [1.82, 2.24) is 0 Å². The molecule has 102 valence electrons. The van der Waals surface area contributed by atoms with E-state index in [0.29, 0.717) is 17.2 Å². The number of nitrogens with zero attached hydrogens (tertiary/aromatic N) is 1. The molecular formula is C18H19NO. The molecule has 0 spiro atoms. The first-order valence-corrected chi connectivity index (χ1v) is 6.81. The van der Waals surface area contributed by atoms with Gasteiger partial charge in [0.15, 0.2) is 0 Å². The van der Waals surface area contributed by atoms with Gasteiger partial charge in [-0.1, -0.05) is 32.0 Å². The third-order valence-corrected chi connectivity index (χ3v) is 3.42. The quantitative estimate of drug-likeness (QED) is 0.774. The monoisotopic (exact) mass is 265 g/mol. The molecular weight excluding hydrogens is 246 g/mol. The van der Waals surface area contributed by atoms with E-state index in [2.05, 4.69) is 32.9 Å². The Hall–Kier alpha value is -2.27. The molecule has 0 aliphatic rings. The first kappa shape index (κ1) is 14.1. The second kappa shape index (κ2) is 5.79. The Morgan fingerprint density at radius 3 is 2.40 bits per heavy atom. The molecule has 0 unspecified atom stereocenters. The average Bonchev–Trinajstić information content (AvgIpc) is 2.40. The van der Waals surface area contributed by atoms with E-state index in [-0.39, 0.29) is 0 Å². The molecule has 0 fully saturated rings. The van der Waals surface area contributed by atoms with Gasteiger partial charge in [0.25, 0.3) is 0 Å². The summed E-state index contributed by atoms with van der Waals surface area (Å²) in [5.41, 5.74) is 4.07. The Labute approximate surface area is 120 Å². The highest BCUT2D eigenvalue weighted by Gasteiger charge is 2.09. The van der Waals surface area contributed by atoms with Crippen molar-refractivity contribution in [3.63, 3.8) is 0 Å². The lowest BCUT2D eigenvalue weighted by atomic mass is 9.98. The van der Waals surface area contributed by atoms with Crippen LogP contribution in [0, 0.1) is 25.2 Å². The Bertz CT molecular complexity index is 666. The molecule has 0 aliphatic carbocycles. The van der Waals surface area contributed by atoms with Crippen LogP contribution in [-0.2, 0) is 0 Å². The number of rotatable bonds is 3. The second-order valence-electron chi connectivity index (χ2n) is 5.34. The van der Waals surface area contributed by atoms with E-state index < -0.39 is 0 Å². The molecule has 2 aromatic rings. The van der Waals surface area contributed by atoms with Crippen molar-refractivity contribution in [3.05, 3.63) is 58.7 Å². The van der Waals surface area contributed by atoms with Crippen LogP contribution in [0.4, 0.5) is 0 Å². The maximum absolute atomic E-state index is 9.16. The molecule has 0 bridgehead atoms. The van der Waals surface area contributed by atoms with Crippen molar-refractivity contribution in [2.45, 2.75) is 33.6 Å². The molecule has 20 heavy (non-hydrogen) atoms. The SMILES string of the molecule is Cc1cc(Oc2c(C)cccc2C#N)ccc1C(C)C. The molecule has 2 heteroatoms. The molecule has 0 amide bonds. The molecule has 2 aromatic carbocycles. The van der Waals surface area contributed by atoms with E-state index >= 15 is 0 Å². The Kier molecular flexibility index (Phi) is 4.10. The van der Waals surface area contributed by atoms with Crippen molar-refractivity contribution >= 4 is 0 Å². The van der Waals surface area contributed by atoms with Crippen LogP contribution >= 0.6 is 0 Å². The minimum Gasteiger partial charge on any atom is -0.456 e. The van der Waals surface area contributed by atoms with Crippen molar-refractivity contribution in [2.24, 2.45) is 0 Å². The fourth-order valence-corrected chi connectivity index (χ4v) is 2.35. The highest BCUT2D eigenvalue weighted by atomic mass is 16.5. The van der Waals surface area contributed by atoms with Gasteiger partial charge in [-0.25, -0.2) is 0 Å². The summed E-state index contributed by atoms with van der Waals surface area (Å²) in [5, 5.41) is 9.16. The molecule has 0 saturated carbocycles. The normalized spacial score (nSPS) is 10.4. The smallest absolute Gasteiger partial charge is 0.148 e. The van der Waals surface area contributed by atoms with Crippen LogP contribution in [0.2, 0.25) is 0 Å². The lowest BCUT2D eigenvalue weighted by Crippen LogP contribution is -1.95. The average molecular weight is 265 g/mol. The van der Waals surface area contributed by atoms with Gasteiger partial charge in [-0.15, -0.1) is 0 Å². The fourth-order valence-electron chi connectivity index (χ4n) is 2.35. The Balaban J connectivity index is 2.37. The van der Waals surface area contributed by atoms with Crippen molar-refractivity contribution in [2.75, 3.05) is 0 Å². The van der Waals surface area contributed by atoms with Crippen LogP contribution in [0.5, 0.6) is 11.5 Å². The molecule has 0 heterocycles. The summed E-state index contributed by atoms with van der Waals surface area (Å²) >= 11 is 0. The summed E-state index contributed by atoms with van der Waals surface area (Å²) in [4.78, 5) is 0. The van der Waals surface area contributed by atoms with Crippen LogP contribution in [0.25, 0.3) is 0 Å². The number of ether oxygens (including phenoxy) is 1. The minimum atomic E-state index is 0.497. The van der Waals surface area contributed by atoms with Crippen molar-refractivity contribution in [3.8, 4) is 17.6 Å². The van der Waals surface area contributed by atoms with Gasteiger partial charge in [-0.2, -0.15) is 5.26 Å². The van der Waals surface area contributed by atoms with Crippen LogP contribution in [0.3, 0.4) is 0 Å². The van der Waals surface area contributed by atoms with E-state index in [1.54, 1.807) is 6.07 Å². The van der Waals surface area contributed by atoms with Gasteiger partial charge in [-0.05, 0) is 54.7 Å². The van der Waals surface area contributed by atoms with E-state index in [0.717, 1.165) is 11.3 Å².